The highest BCUT2D eigenvalue weighted by molar-refractivity contribution is 4.86. The van der Waals surface area contributed by atoms with Crippen LogP contribution in [-0.2, 0) is 0 Å². The Morgan fingerprint density at radius 3 is 2.25 bits per heavy atom. The molecule has 0 aromatic carbocycles. The molecule has 2 N–H and O–H groups in total. The van der Waals surface area contributed by atoms with Gasteiger partial charge in [-0.05, 0) is 58.4 Å². The third-order valence-corrected chi connectivity index (χ3v) is 4.33. The minimum absolute atomic E-state index is 0.0296. The first-order chi connectivity index (χ1) is 9.13. The molecule has 1 saturated carbocycles. The zero-order valence-electron chi connectivity index (χ0n) is 14.5. The van der Waals surface area contributed by atoms with E-state index in [9.17, 15) is 5.11 Å². The van der Waals surface area contributed by atoms with Gasteiger partial charge in [0, 0.05) is 25.2 Å². The third kappa shape index (κ3) is 6.55. The van der Waals surface area contributed by atoms with Crippen molar-refractivity contribution < 1.29 is 5.11 Å². The largest absolute Gasteiger partial charge is 0.393 e. The smallest absolute Gasteiger partial charge is 0.0546 e. The first kappa shape index (κ1) is 17.9. The van der Waals surface area contributed by atoms with Gasteiger partial charge in [-0.15, -0.1) is 0 Å². The van der Waals surface area contributed by atoms with E-state index in [1.54, 1.807) is 0 Å². The SMILES string of the molecule is CCCC(C)(CNC(C)(C)C)CN(C)CC1CC(O)C1. The summed E-state index contributed by atoms with van der Waals surface area (Å²) in [4.78, 5) is 2.47. The zero-order valence-corrected chi connectivity index (χ0v) is 14.5. The van der Waals surface area contributed by atoms with Gasteiger partial charge in [0.05, 0.1) is 6.10 Å². The van der Waals surface area contributed by atoms with Crippen LogP contribution in [0.2, 0.25) is 0 Å². The van der Waals surface area contributed by atoms with Crippen molar-refractivity contribution in [2.45, 2.75) is 71.9 Å². The monoisotopic (exact) mass is 284 g/mol. The van der Waals surface area contributed by atoms with Crippen molar-refractivity contribution in [2.75, 3.05) is 26.7 Å². The van der Waals surface area contributed by atoms with Crippen LogP contribution in [0.5, 0.6) is 0 Å². The van der Waals surface area contributed by atoms with E-state index in [4.69, 9.17) is 0 Å². The van der Waals surface area contributed by atoms with Gasteiger partial charge in [0.1, 0.15) is 0 Å². The Morgan fingerprint density at radius 1 is 1.20 bits per heavy atom. The minimum Gasteiger partial charge on any atom is -0.393 e. The Morgan fingerprint density at radius 2 is 1.80 bits per heavy atom. The second-order valence-corrected chi connectivity index (χ2v) is 8.35. The van der Waals surface area contributed by atoms with Crippen LogP contribution in [0.4, 0.5) is 0 Å². The van der Waals surface area contributed by atoms with E-state index in [1.807, 2.05) is 0 Å². The fourth-order valence-corrected chi connectivity index (χ4v) is 3.31. The Labute approximate surface area is 126 Å². The summed E-state index contributed by atoms with van der Waals surface area (Å²) in [6.07, 6.45) is 4.45. The molecule has 20 heavy (non-hydrogen) atoms. The fraction of sp³-hybridized carbons (Fsp3) is 1.00. The summed E-state index contributed by atoms with van der Waals surface area (Å²) in [5.41, 5.74) is 0.519. The lowest BCUT2D eigenvalue weighted by atomic mass is 9.80. The predicted octanol–water partition coefficient (Wildman–Crippen LogP) is 2.88. The molecule has 1 fully saturated rings. The molecule has 120 valence electrons. The van der Waals surface area contributed by atoms with Crippen LogP contribution >= 0.6 is 0 Å². The quantitative estimate of drug-likeness (QED) is 0.719. The van der Waals surface area contributed by atoms with E-state index in [1.165, 1.54) is 12.8 Å². The van der Waals surface area contributed by atoms with Crippen molar-refractivity contribution in [3.63, 3.8) is 0 Å². The summed E-state index contributed by atoms with van der Waals surface area (Å²) in [6.45, 7) is 14.7. The normalized spacial score (nSPS) is 26.4. The van der Waals surface area contributed by atoms with Gasteiger partial charge < -0.3 is 15.3 Å². The Hall–Kier alpha value is -0.120. The maximum absolute atomic E-state index is 9.39. The van der Waals surface area contributed by atoms with Crippen LogP contribution in [0.25, 0.3) is 0 Å². The highest BCUT2D eigenvalue weighted by Crippen LogP contribution is 2.30. The van der Waals surface area contributed by atoms with E-state index >= 15 is 0 Å². The van der Waals surface area contributed by atoms with Crippen LogP contribution in [0.3, 0.4) is 0 Å². The Kier molecular flexibility index (Phi) is 6.49. The van der Waals surface area contributed by atoms with Crippen LogP contribution in [-0.4, -0.2) is 48.3 Å². The van der Waals surface area contributed by atoms with Crippen molar-refractivity contribution in [1.29, 1.82) is 0 Å². The van der Waals surface area contributed by atoms with Gasteiger partial charge in [0.2, 0.25) is 0 Å². The minimum atomic E-state index is -0.0296. The van der Waals surface area contributed by atoms with Crippen molar-refractivity contribution in [3.8, 4) is 0 Å². The number of aliphatic hydroxyl groups is 1. The third-order valence-electron chi connectivity index (χ3n) is 4.33. The molecule has 0 aromatic rings. The van der Waals surface area contributed by atoms with Gasteiger partial charge in [0.25, 0.3) is 0 Å². The molecule has 0 aromatic heterocycles. The molecule has 1 rings (SSSR count). The lowest BCUT2D eigenvalue weighted by Crippen LogP contribution is -2.48. The molecule has 3 heteroatoms. The first-order valence-corrected chi connectivity index (χ1v) is 8.25. The van der Waals surface area contributed by atoms with E-state index in [-0.39, 0.29) is 11.6 Å². The Bertz CT molecular complexity index is 281. The van der Waals surface area contributed by atoms with Crippen LogP contribution in [0.1, 0.15) is 60.3 Å². The molecule has 1 aliphatic carbocycles. The average molecular weight is 284 g/mol. The first-order valence-electron chi connectivity index (χ1n) is 8.25. The maximum atomic E-state index is 9.39. The molecule has 0 aliphatic heterocycles. The Balaban J connectivity index is 2.43. The molecule has 0 radical (unpaired) electrons. The summed E-state index contributed by atoms with van der Waals surface area (Å²) in [7, 11) is 2.23. The number of aliphatic hydroxyl groups excluding tert-OH is 1. The van der Waals surface area contributed by atoms with Gasteiger partial charge in [-0.3, -0.25) is 0 Å². The molecule has 0 saturated heterocycles. The molecular weight excluding hydrogens is 248 g/mol. The van der Waals surface area contributed by atoms with Crippen molar-refractivity contribution >= 4 is 0 Å². The highest BCUT2D eigenvalue weighted by Gasteiger charge is 2.31. The number of nitrogens with one attached hydrogen (secondary N) is 1. The summed E-state index contributed by atoms with van der Waals surface area (Å²) >= 11 is 0. The number of rotatable bonds is 8. The maximum Gasteiger partial charge on any atom is 0.0546 e. The van der Waals surface area contributed by atoms with Crippen molar-refractivity contribution in [3.05, 3.63) is 0 Å². The summed E-state index contributed by atoms with van der Waals surface area (Å²) < 4.78 is 0. The second kappa shape index (κ2) is 7.24. The lowest BCUT2D eigenvalue weighted by molar-refractivity contribution is 0.0216. The number of hydrogen-bond acceptors (Lipinski definition) is 3. The molecule has 0 bridgehead atoms. The van der Waals surface area contributed by atoms with Crippen molar-refractivity contribution in [1.82, 2.24) is 10.2 Å². The van der Waals surface area contributed by atoms with Crippen LogP contribution < -0.4 is 5.32 Å². The van der Waals surface area contributed by atoms with Crippen molar-refractivity contribution in [2.24, 2.45) is 11.3 Å². The molecule has 1 unspecified atom stereocenters. The molecule has 0 spiro atoms. The topological polar surface area (TPSA) is 35.5 Å². The van der Waals surface area contributed by atoms with Crippen LogP contribution in [0, 0.1) is 11.3 Å². The average Bonchev–Trinajstić information content (AvgIpc) is 2.24. The molecular formula is C17H36N2O. The number of hydrogen-bond donors (Lipinski definition) is 2. The summed E-state index contributed by atoms with van der Waals surface area (Å²) in [6, 6.07) is 0. The number of nitrogens with zero attached hydrogens (tertiary/aromatic N) is 1. The van der Waals surface area contributed by atoms with Gasteiger partial charge >= 0.3 is 0 Å². The summed E-state index contributed by atoms with van der Waals surface area (Å²) in [5.74, 6) is 0.705. The predicted molar refractivity (Wildman–Crippen MR) is 87.0 cm³/mol. The molecule has 3 nitrogen and oxygen atoms in total. The molecule has 0 heterocycles. The van der Waals surface area contributed by atoms with Gasteiger partial charge in [-0.2, -0.15) is 0 Å². The van der Waals surface area contributed by atoms with Crippen LogP contribution in [0.15, 0.2) is 0 Å². The second-order valence-electron chi connectivity index (χ2n) is 8.35. The zero-order chi connectivity index (χ0) is 15.4. The van der Waals surface area contributed by atoms with E-state index in [0.717, 1.165) is 32.5 Å². The summed E-state index contributed by atoms with van der Waals surface area (Å²) in [5, 5.41) is 13.1. The van der Waals surface area contributed by atoms with E-state index in [0.29, 0.717) is 11.3 Å². The van der Waals surface area contributed by atoms with Gasteiger partial charge in [-0.1, -0.05) is 20.3 Å². The molecule has 1 atom stereocenters. The van der Waals surface area contributed by atoms with E-state index < -0.39 is 0 Å². The highest BCUT2D eigenvalue weighted by atomic mass is 16.3. The standard InChI is InChI=1S/C17H36N2O/c1-7-8-17(5,12-18-16(2,3)4)13-19(6)11-14-9-15(20)10-14/h14-15,18,20H,7-13H2,1-6H3. The fourth-order valence-electron chi connectivity index (χ4n) is 3.31. The molecule has 1 aliphatic rings. The van der Waals surface area contributed by atoms with E-state index in [2.05, 4.69) is 51.9 Å². The van der Waals surface area contributed by atoms with Gasteiger partial charge in [-0.25, -0.2) is 0 Å². The lowest BCUT2D eigenvalue weighted by Gasteiger charge is -2.40. The molecule has 0 amide bonds. The van der Waals surface area contributed by atoms with Gasteiger partial charge in [0.15, 0.2) is 0 Å².